The molecule has 16 heavy (non-hydrogen) atoms. The van der Waals surface area contributed by atoms with Crippen LogP contribution in [0.1, 0.15) is 30.1 Å². The molecule has 2 rings (SSSR count). The van der Waals surface area contributed by atoms with Gasteiger partial charge in [0.2, 0.25) is 0 Å². The highest BCUT2D eigenvalue weighted by Crippen LogP contribution is 2.21. The highest BCUT2D eigenvalue weighted by Gasteiger charge is 2.18. The Morgan fingerprint density at radius 2 is 2.44 bits per heavy atom. The lowest BCUT2D eigenvalue weighted by molar-refractivity contribution is 0.0697. The number of nitrogens with zero attached hydrogens (tertiary/aromatic N) is 2. The average molecular weight is 220 g/mol. The van der Waals surface area contributed by atoms with Gasteiger partial charge in [0.15, 0.2) is 0 Å². The van der Waals surface area contributed by atoms with Gasteiger partial charge in [-0.1, -0.05) is 6.92 Å². The van der Waals surface area contributed by atoms with Crippen molar-refractivity contribution in [2.45, 2.75) is 19.8 Å². The highest BCUT2D eigenvalue weighted by molar-refractivity contribution is 5.88. The van der Waals surface area contributed by atoms with Gasteiger partial charge in [-0.2, -0.15) is 0 Å². The minimum Gasteiger partial charge on any atom is -0.478 e. The summed E-state index contributed by atoms with van der Waals surface area (Å²) < 4.78 is 0. The van der Waals surface area contributed by atoms with E-state index in [1.54, 1.807) is 12.3 Å². The van der Waals surface area contributed by atoms with Crippen LogP contribution < -0.4 is 4.90 Å². The molecular weight excluding hydrogens is 204 g/mol. The third kappa shape index (κ3) is 2.32. The summed E-state index contributed by atoms with van der Waals surface area (Å²) in [4.78, 5) is 17.3. The van der Waals surface area contributed by atoms with E-state index in [1.807, 2.05) is 0 Å². The Kier molecular flexibility index (Phi) is 3.08. The van der Waals surface area contributed by atoms with Crippen molar-refractivity contribution < 1.29 is 9.90 Å². The fourth-order valence-corrected chi connectivity index (χ4v) is 2.12. The van der Waals surface area contributed by atoms with E-state index in [4.69, 9.17) is 5.11 Å². The lowest BCUT2D eigenvalue weighted by atomic mass is 10.0. The second-order valence-electron chi connectivity index (χ2n) is 4.40. The largest absolute Gasteiger partial charge is 0.478 e. The molecule has 4 heteroatoms. The quantitative estimate of drug-likeness (QED) is 0.828. The Balaban J connectivity index is 2.19. The Bertz CT molecular complexity index is 392. The summed E-state index contributed by atoms with van der Waals surface area (Å²) in [5, 5.41) is 8.91. The van der Waals surface area contributed by atoms with E-state index in [9.17, 15) is 4.79 Å². The van der Waals surface area contributed by atoms with Crippen molar-refractivity contribution in [3.05, 3.63) is 23.9 Å². The SMILES string of the molecule is CC1CCCN(c2cc(C(=O)O)ccn2)C1. The molecular formula is C12H16N2O2. The molecule has 0 saturated carbocycles. The lowest BCUT2D eigenvalue weighted by Gasteiger charge is -2.31. The standard InChI is InChI=1S/C12H16N2O2/c1-9-3-2-6-14(8-9)11-7-10(12(15)16)4-5-13-11/h4-5,7,9H,2-3,6,8H2,1H3,(H,15,16). The van der Waals surface area contributed by atoms with Gasteiger partial charge >= 0.3 is 5.97 Å². The van der Waals surface area contributed by atoms with E-state index in [-0.39, 0.29) is 0 Å². The van der Waals surface area contributed by atoms with Crippen LogP contribution in [0.15, 0.2) is 18.3 Å². The summed E-state index contributed by atoms with van der Waals surface area (Å²) >= 11 is 0. The predicted octanol–water partition coefficient (Wildman–Crippen LogP) is 2.02. The topological polar surface area (TPSA) is 53.4 Å². The van der Waals surface area contributed by atoms with Crippen molar-refractivity contribution in [1.29, 1.82) is 0 Å². The van der Waals surface area contributed by atoms with Crippen molar-refractivity contribution in [1.82, 2.24) is 4.98 Å². The molecule has 0 spiro atoms. The van der Waals surface area contributed by atoms with Crippen molar-refractivity contribution in [2.24, 2.45) is 5.92 Å². The Hall–Kier alpha value is -1.58. The minimum atomic E-state index is -0.895. The average Bonchev–Trinajstić information content (AvgIpc) is 2.29. The first-order valence-electron chi connectivity index (χ1n) is 5.61. The van der Waals surface area contributed by atoms with Crippen LogP contribution in [-0.4, -0.2) is 29.1 Å². The van der Waals surface area contributed by atoms with Crippen molar-refractivity contribution >= 4 is 11.8 Å². The number of aromatic nitrogens is 1. The summed E-state index contributed by atoms with van der Waals surface area (Å²) in [6.07, 6.45) is 3.97. The van der Waals surface area contributed by atoms with Gasteiger partial charge in [0.1, 0.15) is 5.82 Å². The second kappa shape index (κ2) is 4.51. The molecule has 1 fully saturated rings. The summed E-state index contributed by atoms with van der Waals surface area (Å²) in [7, 11) is 0. The summed E-state index contributed by atoms with van der Waals surface area (Å²) in [5.41, 5.74) is 0.309. The zero-order chi connectivity index (χ0) is 11.5. The Morgan fingerprint density at radius 3 is 3.12 bits per heavy atom. The number of anilines is 1. The maximum absolute atomic E-state index is 10.9. The van der Waals surface area contributed by atoms with E-state index in [0.29, 0.717) is 11.5 Å². The Morgan fingerprint density at radius 1 is 1.62 bits per heavy atom. The predicted molar refractivity (Wildman–Crippen MR) is 61.8 cm³/mol. The number of piperidine rings is 1. The molecule has 4 nitrogen and oxygen atoms in total. The highest BCUT2D eigenvalue weighted by atomic mass is 16.4. The van der Waals surface area contributed by atoms with Crippen molar-refractivity contribution in [3.63, 3.8) is 0 Å². The van der Waals surface area contributed by atoms with E-state index < -0.39 is 5.97 Å². The van der Waals surface area contributed by atoms with E-state index >= 15 is 0 Å². The third-order valence-corrected chi connectivity index (χ3v) is 2.97. The van der Waals surface area contributed by atoms with Crippen LogP contribution >= 0.6 is 0 Å². The number of carboxylic acid groups (broad SMARTS) is 1. The van der Waals surface area contributed by atoms with Gasteiger partial charge < -0.3 is 10.0 Å². The molecule has 1 N–H and O–H groups in total. The van der Waals surface area contributed by atoms with Crippen LogP contribution in [0, 0.1) is 5.92 Å². The molecule has 0 aliphatic carbocycles. The van der Waals surface area contributed by atoms with Crippen molar-refractivity contribution in [2.75, 3.05) is 18.0 Å². The van der Waals surface area contributed by atoms with Gasteiger partial charge in [0, 0.05) is 19.3 Å². The molecule has 0 aromatic carbocycles. The van der Waals surface area contributed by atoms with E-state index in [0.717, 1.165) is 25.3 Å². The number of carbonyl (C=O) groups is 1. The first kappa shape index (κ1) is 10.9. The lowest BCUT2D eigenvalue weighted by Crippen LogP contribution is -2.34. The number of hydrogen-bond acceptors (Lipinski definition) is 3. The smallest absolute Gasteiger partial charge is 0.335 e. The normalized spacial score (nSPS) is 20.8. The van der Waals surface area contributed by atoms with E-state index in [2.05, 4.69) is 16.8 Å². The van der Waals surface area contributed by atoms with Gasteiger partial charge in [-0.25, -0.2) is 9.78 Å². The number of aromatic carboxylic acids is 1. The number of pyridine rings is 1. The molecule has 86 valence electrons. The molecule has 2 heterocycles. The number of carboxylic acids is 1. The maximum atomic E-state index is 10.9. The molecule has 0 amide bonds. The maximum Gasteiger partial charge on any atom is 0.335 e. The number of hydrogen-bond donors (Lipinski definition) is 1. The fourth-order valence-electron chi connectivity index (χ4n) is 2.12. The molecule has 1 saturated heterocycles. The monoisotopic (exact) mass is 220 g/mol. The zero-order valence-corrected chi connectivity index (χ0v) is 9.39. The van der Waals surface area contributed by atoms with E-state index in [1.165, 1.54) is 12.5 Å². The van der Waals surface area contributed by atoms with Gasteiger partial charge in [0.05, 0.1) is 5.56 Å². The third-order valence-electron chi connectivity index (χ3n) is 2.97. The number of rotatable bonds is 2. The molecule has 1 aromatic heterocycles. The van der Waals surface area contributed by atoms with Crippen LogP contribution in [0.25, 0.3) is 0 Å². The van der Waals surface area contributed by atoms with Crippen LogP contribution in [0.2, 0.25) is 0 Å². The molecule has 0 bridgehead atoms. The van der Waals surface area contributed by atoms with Crippen LogP contribution in [-0.2, 0) is 0 Å². The van der Waals surface area contributed by atoms with Gasteiger partial charge in [-0.15, -0.1) is 0 Å². The van der Waals surface area contributed by atoms with Gasteiger partial charge in [0.25, 0.3) is 0 Å². The molecule has 1 aromatic rings. The van der Waals surface area contributed by atoms with Crippen molar-refractivity contribution in [3.8, 4) is 0 Å². The molecule has 1 aliphatic heterocycles. The molecule has 0 radical (unpaired) electrons. The van der Waals surface area contributed by atoms with Gasteiger partial charge in [-0.3, -0.25) is 0 Å². The molecule has 1 aliphatic rings. The van der Waals surface area contributed by atoms with Crippen LogP contribution in [0.4, 0.5) is 5.82 Å². The van der Waals surface area contributed by atoms with Crippen LogP contribution in [0.3, 0.4) is 0 Å². The fraction of sp³-hybridized carbons (Fsp3) is 0.500. The summed E-state index contributed by atoms with van der Waals surface area (Å²) in [6, 6.07) is 3.18. The summed E-state index contributed by atoms with van der Waals surface area (Å²) in [5.74, 6) is 0.546. The first-order valence-corrected chi connectivity index (χ1v) is 5.61. The molecule has 1 atom stereocenters. The minimum absolute atomic E-state index is 0.309. The second-order valence-corrected chi connectivity index (χ2v) is 4.40. The first-order chi connectivity index (χ1) is 7.66. The Labute approximate surface area is 94.9 Å². The zero-order valence-electron chi connectivity index (χ0n) is 9.39. The summed E-state index contributed by atoms with van der Waals surface area (Å²) in [6.45, 7) is 4.16. The van der Waals surface area contributed by atoms with Crippen LogP contribution in [0.5, 0.6) is 0 Å². The molecule has 1 unspecified atom stereocenters. The van der Waals surface area contributed by atoms with Gasteiger partial charge in [-0.05, 0) is 30.9 Å².